The SMILES string of the molecule is CCCCCCC1OCCC1CNCCC. The third-order valence-electron chi connectivity index (χ3n) is 3.52. The summed E-state index contributed by atoms with van der Waals surface area (Å²) in [5, 5.41) is 3.53. The van der Waals surface area contributed by atoms with E-state index in [1.807, 2.05) is 0 Å². The van der Waals surface area contributed by atoms with Crippen LogP contribution in [-0.4, -0.2) is 25.8 Å². The van der Waals surface area contributed by atoms with E-state index >= 15 is 0 Å². The topological polar surface area (TPSA) is 21.3 Å². The minimum Gasteiger partial charge on any atom is -0.378 e. The zero-order valence-corrected chi connectivity index (χ0v) is 11.1. The van der Waals surface area contributed by atoms with Crippen LogP contribution in [0.2, 0.25) is 0 Å². The summed E-state index contributed by atoms with van der Waals surface area (Å²) in [6, 6.07) is 0. The fourth-order valence-corrected chi connectivity index (χ4v) is 2.48. The molecular weight excluding hydrogens is 198 g/mol. The van der Waals surface area contributed by atoms with Gasteiger partial charge in [-0.3, -0.25) is 0 Å². The van der Waals surface area contributed by atoms with Crippen LogP contribution in [0.3, 0.4) is 0 Å². The first kappa shape index (κ1) is 14.0. The fraction of sp³-hybridized carbons (Fsp3) is 1.00. The zero-order chi connectivity index (χ0) is 11.6. The molecule has 0 saturated carbocycles. The largest absolute Gasteiger partial charge is 0.378 e. The van der Waals surface area contributed by atoms with Crippen molar-refractivity contribution in [3.8, 4) is 0 Å². The standard InChI is InChI=1S/C14H29NO/c1-3-5-6-7-8-14-13(9-11-16-14)12-15-10-4-2/h13-15H,3-12H2,1-2H3. The maximum atomic E-state index is 5.84. The number of hydrogen-bond donors (Lipinski definition) is 1. The highest BCUT2D eigenvalue weighted by Gasteiger charge is 2.26. The summed E-state index contributed by atoms with van der Waals surface area (Å²) in [6.45, 7) is 7.78. The normalized spacial score (nSPS) is 25.1. The van der Waals surface area contributed by atoms with Gasteiger partial charge in [0.2, 0.25) is 0 Å². The Hall–Kier alpha value is -0.0800. The number of nitrogens with one attached hydrogen (secondary N) is 1. The molecule has 0 bridgehead atoms. The molecule has 1 N–H and O–H groups in total. The molecule has 0 aromatic heterocycles. The minimum absolute atomic E-state index is 0.543. The second-order valence-electron chi connectivity index (χ2n) is 5.01. The fourth-order valence-electron chi connectivity index (χ4n) is 2.48. The lowest BCUT2D eigenvalue weighted by atomic mass is 9.96. The molecule has 1 rings (SSSR count). The Morgan fingerprint density at radius 3 is 2.75 bits per heavy atom. The first-order chi connectivity index (χ1) is 7.88. The van der Waals surface area contributed by atoms with Crippen LogP contribution in [0, 0.1) is 5.92 Å². The molecule has 2 nitrogen and oxygen atoms in total. The highest BCUT2D eigenvalue weighted by atomic mass is 16.5. The summed E-state index contributed by atoms with van der Waals surface area (Å²) in [5.74, 6) is 0.771. The van der Waals surface area contributed by atoms with Crippen molar-refractivity contribution in [3.63, 3.8) is 0 Å². The maximum Gasteiger partial charge on any atom is 0.0616 e. The third kappa shape index (κ3) is 5.31. The predicted molar refractivity (Wildman–Crippen MR) is 69.8 cm³/mol. The molecule has 96 valence electrons. The molecule has 2 unspecified atom stereocenters. The van der Waals surface area contributed by atoms with E-state index in [2.05, 4.69) is 19.2 Å². The van der Waals surface area contributed by atoms with E-state index in [9.17, 15) is 0 Å². The summed E-state index contributed by atoms with van der Waals surface area (Å²) in [5.41, 5.74) is 0. The molecule has 2 atom stereocenters. The minimum atomic E-state index is 0.543. The predicted octanol–water partition coefficient (Wildman–Crippen LogP) is 3.36. The summed E-state index contributed by atoms with van der Waals surface area (Å²) in [6.07, 6.45) is 9.75. The summed E-state index contributed by atoms with van der Waals surface area (Å²) in [7, 11) is 0. The van der Waals surface area contributed by atoms with Crippen molar-refractivity contribution in [3.05, 3.63) is 0 Å². The number of ether oxygens (including phenoxy) is 1. The van der Waals surface area contributed by atoms with E-state index < -0.39 is 0 Å². The quantitative estimate of drug-likeness (QED) is 0.610. The molecule has 0 radical (unpaired) electrons. The Morgan fingerprint density at radius 2 is 2.00 bits per heavy atom. The Kier molecular flexibility index (Phi) is 7.87. The van der Waals surface area contributed by atoms with Gasteiger partial charge in [-0.05, 0) is 31.7 Å². The van der Waals surface area contributed by atoms with Crippen molar-refractivity contribution >= 4 is 0 Å². The molecule has 0 aromatic rings. The first-order valence-corrected chi connectivity index (χ1v) is 7.20. The molecule has 0 spiro atoms. The monoisotopic (exact) mass is 227 g/mol. The van der Waals surface area contributed by atoms with Crippen molar-refractivity contribution < 1.29 is 4.74 Å². The van der Waals surface area contributed by atoms with Crippen LogP contribution in [0.5, 0.6) is 0 Å². The van der Waals surface area contributed by atoms with Gasteiger partial charge < -0.3 is 10.1 Å². The average molecular weight is 227 g/mol. The molecule has 0 amide bonds. The highest BCUT2D eigenvalue weighted by molar-refractivity contribution is 4.78. The lowest BCUT2D eigenvalue weighted by molar-refractivity contribution is 0.0809. The van der Waals surface area contributed by atoms with Crippen LogP contribution in [0.15, 0.2) is 0 Å². The van der Waals surface area contributed by atoms with Gasteiger partial charge in [0, 0.05) is 13.2 Å². The summed E-state index contributed by atoms with van der Waals surface area (Å²) < 4.78 is 5.84. The highest BCUT2D eigenvalue weighted by Crippen LogP contribution is 2.24. The van der Waals surface area contributed by atoms with Crippen LogP contribution in [0.1, 0.15) is 58.8 Å². The van der Waals surface area contributed by atoms with Crippen LogP contribution in [0.4, 0.5) is 0 Å². The van der Waals surface area contributed by atoms with Gasteiger partial charge in [0.15, 0.2) is 0 Å². The third-order valence-corrected chi connectivity index (χ3v) is 3.52. The van der Waals surface area contributed by atoms with E-state index in [1.165, 1.54) is 44.9 Å². The average Bonchev–Trinajstić information content (AvgIpc) is 2.73. The molecule has 1 aliphatic heterocycles. The van der Waals surface area contributed by atoms with Gasteiger partial charge in [0.05, 0.1) is 6.10 Å². The Bertz CT molecular complexity index is 161. The lowest BCUT2D eigenvalue weighted by Gasteiger charge is -2.18. The van der Waals surface area contributed by atoms with Crippen molar-refractivity contribution in [2.24, 2.45) is 5.92 Å². The molecule has 0 aliphatic carbocycles. The molecule has 16 heavy (non-hydrogen) atoms. The first-order valence-electron chi connectivity index (χ1n) is 7.20. The second-order valence-corrected chi connectivity index (χ2v) is 5.01. The van der Waals surface area contributed by atoms with Crippen molar-refractivity contribution in [2.45, 2.75) is 64.9 Å². The molecule has 1 fully saturated rings. The summed E-state index contributed by atoms with van der Waals surface area (Å²) >= 11 is 0. The van der Waals surface area contributed by atoms with Gasteiger partial charge in [-0.2, -0.15) is 0 Å². The van der Waals surface area contributed by atoms with E-state index in [1.54, 1.807) is 0 Å². The van der Waals surface area contributed by atoms with Crippen molar-refractivity contribution in [1.82, 2.24) is 5.32 Å². The van der Waals surface area contributed by atoms with E-state index in [-0.39, 0.29) is 0 Å². The Balaban J connectivity index is 2.08. The molecule has 1 saturated heterocycles. The molecule has 0 aromatic carbocycles. The maximum absolute atomic E-state index is 5.84. The van der Waals surface area contributed by atoms with Crippen LogP contribution >= 0.6 is 0 Å². The Morgan fingerprint density at radius 1 is 1.12 bits per heavy atom. The van der Waals surface area contributed by atoms with E-state index in [4.69, 9.17) is 4.74 Å². The number of rotatable bonds is 9. The molecule has 1 aliphatic rings. The second kappa shape index (κ2) is 9.00. The van der Waals surface area contributed by atoms with E-state index in [0.717, 1.165) is 25.6 Å². The van der Waals surface area contributed by atoms with Crippen molar-refractivity contribution in [1.29, 1.82) is 0 Å². The van der Waals surface area contributed by atoms with Gasteiger partial charge in [-0.1, -0.05) is 39.5 Å². The summed E-state index contributed by atoms with van der Waals surface area (Å²) in [4.78, 5) is 0. The smallest absolute Gasteiger partial charge is 0.0616 e. The van der Waals surface area contributed by atoms with Gasteiger partial charge >= 0.3 is 0 Å². The van der Waals surface area contributed by atoms with Gasteiger partial charge in [0.1, 0.15) is 0 Å². The van der Waals surface area contributed by atoms with Gasteiger partial charge in [0.25, 0.3) is 0 Å². The number of unbranched alkanes of at least 4 members (excludes halogenated alkanes) is 3. The molecule has 2 heteroatoms. The van der Waals surface area contributed by atoms with Gasteiger partial charge in [-0.25, -0.2) is 0 Å². The molecule has 1 heterocycles. The van der Waals surface area contributed by atoms with Crippen LogP contribution in [-0.2, 0) is 4.74 Å². The van der Waals surface area contributed by atoms with Gasteiger partial charge in [-0.15, -0.1) is 0 Å². The van der Waals surface area contributed by atoms with Crippen LogP contribution < -0.4 is 5.32 Å². The molecular formula is C14H29NO. The van der Waals surface area contributed by atoms with E-state index in [0.29, 0.717) is 6.10 Å². The van der Waals surface area contributed by atoms with Crippen molar-refractivity contribution in [2.75, 3.05) is 19.7 Å². The Labute approximate surface area is 101 Å². The lowest BCUT2D eigenvalue weighted by Crippen LogP contribution is -2.29. The number of hydrogen-bond acceptors (Lipinski definition) is 2. The van der Waals surface area contributed by atoms with Crippen LogP contribution in [0.25, 0.3) is 0 Å². The zero-order valence-electron chi connectivity index (χ0n) is 11.1.